The van der Waals surface area contributed by atoms with E-state index in [9.17, 15) is 18.9 Å². The maximum absolute atomic E-state index is 12.8. The van der Waals surface area contributed by atoms with Crippen LogP contribution in [0.2, 0.25) is 0 Å². The summed E-state index contributed by atoms with van der Waals surface area (Å²) in [6, 6.07) is 4.75. The van der Waals surface area contributed by atoms with Crippen molar-refractivity contribution in [2.45, 2.75) is 40.0 Å². The Morgan fingerprint density at radius 1 is 1.34 bits per heavy atom. The van der Waals surface area contributed by atoms with Crippen LogP contribution in [0.4, 0.5) is 14.5 Å². The smallest absolute Gasteiger partial charge is 0.387 e. The molecular weight excluding hydrogens is 541 g/mol. The van der Waals surface area contributed by atoms with Crippen LogP contribution in [0.5, 0.6) is 11.5 Å². The van der Waals surface area contributed by atoms with Crippen molar-refractivity contribution in [3.8, 4) is 11.5 Å². The van der Waals surface area contributed by atoms with Gasteiger partial charge in [-0.3, -0.25) is 14.8 Å². The molecule has 0 unspecified atom stereocenters. The van der Waals surface area contributed by atoms with Gasteiger partial charge < -0.3 is 20.1 Å². The molecule has 32 heavy (non-hydrogen) atoms. The zero-order chi connectivity index (χ0) is 22.6. The number of hydrogen-bond donors (Lipinski definition) is 2. The van der Waals surface area contributed by atoms with Gasteiger partial charge in [0.15, 0.2) is 5.96 Å². The van der Waals surface area contributed by atoms with Crippen LogP contribution < -0.4 is 20.1 Å². The zero-order valence-corrected chi connectivity index (χ0v) is 20.1. The summed E-state index contributed by atoms with van der Waals surface area (Å²) in [4.78, 5) is 14.6. The molecule has 0 atom stereocenters. The van der Waals surface area contributed by atoms with Crippen LogP contribution in [0, 0.1) is 10.1 Å². The van der Waals surface area contributed by atoms with Gasteiger partial charge in [0.1, 0.15) is 23.9 Å². The summed E-state index contributed by atoms with van der Waals surface area (Å²) in [5.74, 6) is 0.911. The minimum absolute atomic E-state index is 0. The predicted molar refractivity (Wildman–Crippen MR) is 126 cm³/mol. The number of rotatable bonds is 12. The number of halogens is 3. The van der Waals surface area contributed by atoms with Gasteiger partial charge in [0.25, 0.3) is 0 Å². The van der Waals surface area contributed by atoms with E-state index < -0.39 is 11.5 Å². The lowest BCUT2D eigenvalue weighted by Gasteiger charge is -2.14. The number of alkyl halides is 2. The van der Waals surface area contributed by atoms with Gasteiger partial charge in [-0.1, -0.05) is 6.92 Å². The maximum Gasteiger partial charge on any atom is 0.387 e. The van der Waals surface area contributed by atoms with Gasteiger partial charge in [-0.05, 0) is 25.5 Å². The monoisotopic (exact) mass is 568 g/mol. The average Bonchev–Trinajstić information content (AvgIpc) is 3.20. The van der Waals surface area contributed by atoms with Crippen molar-refractivity contribution in [2.75, 3.05) is 19.7 Å². The van der Waals surface area contributed by atoms with Gasteiger partial charge in [0, 0.05) is 24.7 Å². The molecule has 1 aromatic carbocycles. The number of nitrogens with one attached hydrogen (secondary N) is 2. The van der Waals surface area contributed by atoms with Crippen molar-refractivity contribution in [3.63, 3.8) is 0 Å². The molecule has 0 aliphatic carbocycles. The average molecular weight is 568 g/mol. The lowest BCUT2D eigenvalue weighted by atomic mass is 10.2. The van der Waals surface area contributed by atoms with E-state index in [1.165, 1.54) is 23.1 Å². The van der Waals surface area contributed by atoms with Crippen molar-refractivity contribution >= 4 is 35.6 Å². The van der Waals surface area contributed by atoms with Gasteiger partial charge in [-0.25, -0.2) is 4.99 Å². The van der Waals surface area contributed by atoms with Gasteiger partial charge in [0.05, 0.1) is 24.6 Å². The Bertz CT molecular complexity index is 881. The molecule has 0 fully saturated rings. The highest BCUT2D eigenvalue weighted by Crippen LogP contribution is 2.27. The van der Waals surface area contributed by atoms with E-state index in [0.717, 1.165) is 6.42 Å². The molecule has 0 spiro atoms. The summed E-state index contributed by atoms with van der Waals surface area (Å²) in [5.41, 5.74) is 0.391. The summed E-state index contributed by atoms with van der Waals surface area (Å²) < 4.78 is 37.2. The molecule has 0 saturated carbocycles. The third kappa shape index (κ3) is 9.20. The number of ether oxygens (including phenoxy) is 2. The molecule has 1 heterocycles. The summed E-state index contributed by atoms with van der Waals surface area (Å²) in [6.07, 6.45) is 3.31. The zero-order valence-electron chi connectivity index (χ0n) is 17.8. The molecular formula is C19H27F2IN6O4. The first-order valence-electron chi connectivity index (χ1n) is 9.82. The fourth-order valence-electron chi connectivity index (χ4n) is 2.54. The predicted octanol–water partition coefficient (Wildman–Crippen LogP) is 3.55. The van der Waals surface area contributed by atoms with Crippen LogP contribution in [0.25, 0.3) is 0 Å². The molecule has 178 valence electrons. The number of guanidine groups is 1. The first-order valence-corrected chi connectivity index (χ1v) is 9.82. The van der Waals surface area contributed by atoms with E-state index in [4.69, 9.17) is 4.74 Å². The van der Waals surface area contributed by atoms with Crippen LogP contribution in [-0.2, 0) is 13.1 Å². The number of benzene rings is 1. The number of aromatic nitrogens is 2. The van der Waals surface area contributed by atoms with Gasteiger partial charge in [-0.15, -0.1) is 24.0 Å². The highest BCUT2D eigenvalue weighted by atomic mass is 127. The Labute approximate surface area is 201 Å². The molecule has 0 aliphatic rings. The highest BCUT2D eigenvalue weighted by Gasteiger charge is 2.12. The fraction of sp³-hybridized carbons (Fsp3) is 0.474. The van der Waals surface area contributed by atoms with E-state index >= 15 is 0 Å². The maximum atomic E-state index is 12.8. The number of hydrogen-bond acceptors (Lipinski definition) is 6. The fourth-order valence-corrected chi connectivity index (χ4v) is 2.54. The molecule has 2 aromatic rings. The molecule has 2 N–H and O–H groups in total. The summed E-state index contributed by atoms with van der Waals surface area (Å²) in [7, 11) is 0. The Morgan fingerprint density at radius 2 is 2.12 bits per heavy atom. The molecule has 0 radical (unpaired) electrons. The standard InChI is InChI=1S/C19H26F2N6O4.HI/c1-3-9-30-16-6-5-14(17(10-16)31-18(20)21)11-24-19(22-4-2)23-7-8-26-13-15(12-25-26)27(28)29;/h5-6,10,12-13,18H,3-4,7-9,11H2,1-2H3,(H2,22,23,24);1H. The van der Waals surface area contributed by atoms with Crippen molar-refractivity contribution in [1.29, 1.82) is 0 Å². The summed E-state index contributed by atoms with van der Waals surface area (Å²) in [5, 5.41) is 20.8. The third-order valence-corrected chi connectivity index (χ3v) is 3.94. The van der Waals surface area contributed by atoms with Gasteiger partial charge >= 0.3 is 12.3 Å². The van der Waals surface area contributed by atoms with E-state index in [2.05, 4.69) is 25.5 Å². The highest BCUT2D eigenvalue weighted by molar-refractivity contribution is 14.0. The molecule has 0 saturated heterocycles. The minimum atomic E-state index is -2.96. The second kappa shape index (κ2) is 14.4. The number of nitrogens with zero attached hydrogens (tertiary/aromatic N) is 4. The first-order chi connectivity index (χ1) is 14.9. The number of aliphatic imine (C=N–C) groups is 1. The Balaban J connectivity index is 0.00000512. The van der Waals surface area contributed by atoms with Crippen molar-refractivity contribution in [2.24, 2.45) is 4.99 Å². The van der Waals surface area contributed by atoms with Crippen LogP contribution in [-0.4, -0.2) is 47.0 Å². The molecule has 13 heteroatoms. The van der Waals surface area contributed by atoms with Gasteiger partial charge in [0.2, 0.25) is 0 Å². The second-order valence-electron chi connectivity index (χ2n) is 6.34. The molecule has 0 amide bonds. The van der Waals surface area contributed by atoms with Crippen LogP contribution >= 0.6 is 24.0 Å². The lowest BCUT2D eigenvalue weighted by molar-refractivity contribution is -0.385. The Hall–Kier alpha value is -2.71. The summed E-state index contributed by atoms with van der Waals surface area (Å²) in [6.45, 7) is 2.80. The molecule has 0 aliphatic heterocycles. The lowest BCUT2D eigenvalue weighted by Crippen LogP contribution is -2.38. The van der Waals surface area contributed by atoms with Crippen molar-refractivity contribution in [3.05, 3.63) is 46.3 Å². The normalized spacial score (nSPS) is 11.1. The molecule has 1 aromatic heterocycles. The van der Waals surface area contributed by atoms with Crippen molar-refractivity contribution in [1.82, 2.24) is 20.4 Å². The Morgan fingerprint density at radius 3 is 2.75 bits per heavy atom. The third-order valence-electron chi connectivity index (χ3n) is 3.94. The quantitative estimate of drug-likeness (QED) is 0.132. The van der Waals surface area contributed by atoms with Crippen LogP contribution in [0.1, 0.15) is 25.8 Å². The minimum Gasteiger partial charge on any atom is -0.493 e. The SMILES string of the molecule is CCCOc1ccc(CN=C(NCC)NCCn2cc([N+](=O)[O-])cn2)c(OC(F)F)c1.I. The van der Waals surface area contributed by atoms with E-state index in [0.29, 0.717) is 43.5 Å². The number of nitro groups is 1. The topological polar surface area (TPSA) is 116 Å². The molecule has 10 nitrogen and oxygen atoms in total. The first kappa shape index (κ1) is 27.3. The van der Waals surface area contributed by atoms with E-state index in [-0.39, 0.29) is 42.0 Å². The van der Waals surface area contributed by atoms with Crippen LogP contribution in [0.15, 0.2) is 35.6 Å². The molecule has 2 rings (SSSR count). The second-order valence-corrected chi connectivity index (χ2v) is 6.34. The largest absolute Gasteiger partial charge is 0.493 e. The summed E-state index contributed by atoms with van der Waals surface area (Å²) >= 11 is 0. The van der Waals surface area contributed by atoms with Gasteiger partial charge in [-0.2, -0.15) is 13.9 Å². The van der Waals surface area contributed by atoms with E-state index in [1.54, 1.807) is 12.1 Å². The van der Waals surface area contributed by atoms with E-state index in [1.807, 2.05) is 13.8 Å². The Kier molecular flexibility index (Phi) is 12.3. The molecule has 0 bridgehead atoms. The van der Waals surface area contributed by atoms with Crippen molar-refractivity contribution < 1.29 is 23.2 Å². The van der Waals surface area contributed by atoms with Crippen LogP contribution in [0.3, 0.4) is 0 Å².